The summed E-state index contributed by atoms with van der Waals surface area (Å²) in [5.41, 5.74) is 5.36. The molecule has 1 N–H and O–H groups in total. The Bertz CT molecular complexity index is 897. The third kappa shape index (κ3) is 2.15. The summed E-state index contributed by atoms with van der Waals surface area (Å²) in [5, 5.41) is 3.28. The van der Waals surface area contributed by atoms with Crippen LogP contribution in [0.25, 0.3) is 6.08 Å². The van der Waals surface area contributed by atoms with Crippen molar-refractivity contribution in [3.63, 3.8) is 0 Å². The smallest absolute Gasteiger partial charge is 0.241 e. The molecule has 4 rings (SSSR count). The number of carbonyl (C=O) groups is 1. The monoisotopic (exact) mass is 332 g/mol. The first-order valence-corrected chi connectivity index (χ1v) is 8.80. The van der Waals surface area contributed by atoms with E-state index in [0.717, 1.165) is 5.69 Å². The lowest BCUT2D eigenvalue weighted by molar-refractivity contribution is -0.118. The summed E-state index contributed by atoms with van der Waals surface area (Å²) >= 11 is 0. The minimum absolute atomic E-state index is 0.0775. The van der Waals surface area contributed by atoms with Crippen molar-refractivity contribution in [2.24, 2.45) is 0 Å². The van der Waals surface area contributed by atoms with E-state index in [1.807, 2.05) is 12.1 Å². The Labute approximate surface area is 149 Å². The maximum absolute atomic E-state index is 12.3. The van der Waals surface area contributed by atoms with Crippen LogP contribution in [0.2, 0.25) is 0 Å². The largest absolute Gasteiger partial charge is 0.335 e. The number of anilines is 1. The number of hydrogen-bond acceptors (Lipinski definition) is 2. The lowest BCUT2D eigenvalue weighted by Gasteiger charge is -2.40. The Hall–Kier alpha value is -2.55. The number of nitrogens with zero attached hydrogens (tertiary/aromatic N) is 1. The lowest BCUT2D eigenvalue weighted by atomic mass is 9.75. The van der Waals surface area contributed by atoms with Gasteiger partial charge in [-0.2, -0.15) is 0 Å². The molecular weight excluding hydrogens is 308 g/mol. The van der Waals surface area contributed by atoms with E-state index in [2.05, 4.69) is 80.4 Å². The van der Waals surface area contributed by atoms with Crippen molar-refractivity contribution in [3.05, 3.63) is 70.8 Å². The molecule has 2 aromatic rings. The van der Waals surface area contributed by atoms with Crippen molar-refractivity contribution < 1.29 is 4.79 Å². The average molecular weight is 332 g/mol. The molecule has 0 aliphatic carbocycles. The number of hydrogen-bond donors (Lipinski definition) is 1. The molecule has 0 aromatic heterocycles. The molecule has 2 heterocycles. The maximum Gasteiger partial charge on any atom is 0.241 e. The fourth-order valence-corrected chi connectivity index (χ4v) is 4.27. The second-order valence-corrected chi connectivity index (χ2v) is 7.74. The molecule has 2 aromatic carbocycles. The molecule has 1 amide bonds. The van der Waals surface area contributed by atoms with Gasteiger partial charge < -0.3 is 10.2 Å². The molecule has 1 atom stereocenters. The molecule has 128 valence electrons. The summed E-state index contributed by atoms with van der Waals surface area (Å²) < 4.78 is 0. The summed E-state index contributed by atoms with van der Waals surface area (Å²) in [6.45, 7) is 9.07. The van der Waals surface area contributed by atoms with Crippen molar-refractivity contribution in [2.75, 3.05) is 11.4 Å². The first kappa shape index (κ1) is 15.9. The molecule has 0 unspecified atom stereocenters. The molecule has 1 fully saturated rings. The lowest BCUT2D eigenvalue weighted by Crippen LogP contribution is -2.58. The van der Waals surface area contributed by atoms with Crippen LogP contribution in [-0.4, -0.2) is 18.1 Å². The molecule has 0 bridgehead atoms. The molecule has 25 heavy (non-hydrogen) atoms. The van der Waals surface area contributed by atoms with E-state index in [9.17, 15) is 4.79 Å². The van der Waals surface area contributed by atoms with Gasteiger partial charge in [0, 0.05) is 11.1 Å². The number of aryl methyl sites for hydroxylation is 2. The van der Waals surface area contributed by atoms with E-state index >= 15 is 0 Å². The van der Waals surface area contributed by atoms with Gasteiger partial charge in [0.25, 0.3) is 0 Å². The van der Waals surface area contributed by atoms with Gasteiger partial charge in [0.1, 0.15) is 5.66 Å². The molecule has 2 aliphatic heterocycles. The van der Waals surface area contributed by atoms with Crippen LogP contribution in [0.3, 0.4) is 0 Å². The van der Waals surface area contributed by atoms with Crippen LogP contribution in [0.4, 0.5) is 5.69 Å². The second-order valence-electron chi connectivity index (χ2n) is 7.74. The Balaban J connectivity index is 1.87. The third-order valence-corrected chi connectivity index (χ3v) is 5.82. The van der Waals surface area contributed by atoms with Crippen LogP contribution in [-0.2, 0) is 10.2 Å². The van der Waals surface area contributed by atoms with Gasteiger partial charge in [0.15, 0.2) is 0 Å². The van der Waals surface area contributed by atoms with Crippen LogP contribution in [0.1, 0.15) is 36.1 Å². The first-order valence-electron chi connectivity index (χ1n) is 8.80. The van der Waals surface area contributed by atoms with Gasteiger partial charge >= 0.3 is 0 Å². The quantitative estimate of drug-likeness (QED) is 0.903. The Morgan fingerprint density at radius 1 is 1.12 bits per heavy atom. The summed E-state index contributed by atoms with van der Waals surface area (Å²) in [4.78, 5) is 14.5. The number of carbonyl (C=O) groups excluding carboxylic acids is 1. The highest BCUT2D eigenvalue weighted by Gasteiger charge is 2.59. The van der Waals surface area contributed by atoms with Crippen molar-refractivity contribution in [1.82, 2.24) is 5.32 Å². The summed E-state index contributed by atoms with van der Waals surface area (Å²) in [6, 6.07) is 14.8. The van der Waals surface area contributed by atoms with Gasteiger partial charge in [-0.3, -0.25) is 4.79 Å². The van der Waals surface area contributed by atoms with Crippen molar-refractivity contribution in [2.45, 2.75) is 38.8 Å². The highest BCUT2D eigenvalue weighted by Crippen LogP contribution is 2.53. The Morgan fingerprint density at radius 3 is 2.64 bits per heavy atom. The normalized spacial score (nSPS) is 23.7. The minimum Gasteiger partial charge on any atom is -0.335 e. The van der Waals surface area contributed by atoms with Gasteiger partial charge in [0.05, 0.1) is 6.54 Å². The van der Waals surface area contributed by atoms with Gasteiger partial charge in [-0.15, -0.1) is 0 Å². The zero-order valence-electron chi connectivity index (χ0n) is 15.3. The summed E-state index contributed by atoms with van der Waals surface area (Å²) in [5.74, 6) is 0.0775. The number of fused-ring (bicyclic) bond motifs is 3. The highest BCUT2D eigenvalue weighted by molar-refractivity contribution is 5.91. The van der Waals surface area contributed by atoms with E-state index < -0.39 is 5.66 Å². The molecule has 3 nitrogen and oxygen atoms in total. The second kappa shape index (κ2) is 5.22. The minimum atomic E-state index is -0.525. The predicted molar refractivity (Wildman–Crippen MR) is 103 cm³/mol. The van der Waals surface area contributed by atoms with E-state index in [-0.39, 0.29) is 11.3 Å². The molecule has 3 heteroatoms. The van der Waals surface area contributed by atoms with Crippen LogP contribution in [0.5, 0.6) is 0 Å². The molecule has 1 saturated heterocycles. The zero-order valence-corrected chi connectivity index (χ0v) is 15.3. The van der Waals surface area contributed by atoms with Crippen LogP contribution in [0, 0.1) is 13.8 Å². The number of nitrogens with one attached hydrogen (secondary N) is 1. The SMILES string of the molecule is Cc1ccc2c(c1)C(C)(C)[C@]1(C=Cc3ccccc3C)NC(=O)CN21. The Morgan fingerprint density at radius 2 is 1.88 bits per heavy atom. The van der Waals surface area contributed by atoms with Gasteiger partial charge in [0.2, 0.25) is 5.91 Å². The fourth-order valence-electron chi connectivity index (χ4n) is 4.27. The van der Waals surface area contributed by atoms with Gasteiger partial charge in [-0.25, -0.2) is 0 Å². The van der Waals surface area contributed by atoms with E-state index in [1.54, 1.807) is 0 Å². The molecular formula is C22H24N2O. The van der Waals surface area contributed by atoms with Crippen molar-refractivity contribution >= 4 is 17.7 Å². The van der Waals surface area contributed by atoms with Gasteiger partial charge in [-0.1, -0.05) is 61.9 Å². The summed E-state index contributed by atoms with van der Waals surface area (Å²) in [6.07, 6.45) is 4.32. The molecule has 0 spiro atoms. The maximum atomic E-state index is 12.3. The highest BCUT2D eigenvalue weighted by atomic mass is 16.2. The third-order valence-electron chi connectivity index (χ3n) is 5.82. The first-order chi connectivity index (χ1) is 11.8. The number of benzene rings is 2. The summed E-state index contributed by atoms with van der Waals surface area (Å²) in [7, 11) is 0. The van der Waals surface area contributed by atoms with E-state index in [1.165, 1.54) is 22.3 Å². The Kier molecular flexibility index (Phi) is 3.33. The topological polar surface area (TPSA) is 32.3 Å². The van der Waals surface area contributed by atoms with E-state index in [0.29, 0.717) is 6.54 Å². The van der Waals surface area contributed by atoms with Crippen LogP contribution >= 0.6 is 0 Å². The van der Waals surface area contributed by atoms with Crippen molar-refractivity contribution in [1.29, 1.82) is 0 Å². The van der Waals surface area contributed by atoms with Crippen molar-refractivity contribution in [3.8, 4) is 0 Å². The standard InChI is InChI=1S/C22H24N2O/c1-15-9-10-19-18(13-15)21(3,4)22(23-20(25)14-24(19)22)12-11-17-8-6-5-7-16(17)2/h5-13H,14H2,1-4H3,(H,23,25)/t22-/m1/s1. The average Bonchev–Trinajstić information content (AvgIpc) is 2.99. The van der Waals surface area contributed by atoms with Crippen LogP contribution < -0.4 is 10.2 Å². The van der Waals surface area contributed by atoms with E-state index in [4.69, 9.17) is 0 Å². The molecule has 0 radical (unpaired) electrons. The van der Waals surface area contributed by atoms with Crippen LogP contribution in [0.15, 0.2) is 48.5 Å². The zero-order chi connectivity index (χ0) is 17.8. The fraction of sp³-hybridized carbons (Fsp3) is 0.318. The predicted octanol–water partition coefficient (Wildman–Crippen LogP) is 3.94. The number of rotatable bonds is 2. The molecule has 0 saturated carbocycles. The van der Waals surface area contributed by atoms with Gasteiger partial charge in [-0.05, 0) is 42.7 Å². The molecule has 2 aliphatic rings. The number of amides is 1.